The van der Waals surface area contributed by atoms with Gasteiger partial charge in [-0.15, -0.1) is 0 Å². The van der Waals surface area contributed by atoms with Gasteiger partial charge in [-0.2, -0.15) is 10.2 Å². The number of rotatable bonds is 12. The Kier molecular flexibility index (Phi) is 9.35. The van der Waals surface area contributed by atoms with E-state index in [1.54, 1.807) is 63.2 Å². The van der Waals surface area contributed by atoms with Crippen LogP contribution < -0.4 is 15.3 Å². The molecule has 234 valence electrons. The third kappa shape index (κ3) is 6.78. The van der Waals surface area contributed by atoms with Crippen LogP contribution in [-0.4, -0.2) is 67.8 Å². The van der Waals surface area contributed by atoms with Crippen LogP contribution in [0.25, 0.3) is 5.52 Å². The van der Waals surface area contributed by atoms with Gasteiger partial charge >= 0.3 is 13.7 Å². The van der Waals surface area contributed by atoms with E-state index < -0.39 is 56.4 Å². The molecule has 0 spiro atoms. The van der Waals surface area contributed by atoms with Gasteiger partial charge in [0.25, 0.3) is 0 Å². The molecule has 2 aromatic carbocycles. The van der Waals surface area contributed by atoms with E-state index >= 15 is 0 Å². The van der Waals surface area contributed by atoms with Crippen molar-refractivity contribution in [1.82, 2.24) is 19.7 Å². The summed E-state index contributed by atoms with van der Waals surface area (Å²) in [5, 5.41) is 29.1. The number of nitrogens with one attached hydrogen (secondary N) is 1. The molecule has 2 aromatic heterocycles. The second-order valence-corrected chi connectivity index (χ2v) is 12.6. The number of ether oxygens (including phenoxy) is 2. The van der Waals surface area contributed by atoms with Gasteiger partial charge in [0.15, 0.2) is 5.82 Å². The van der Waals surface area contributed by atoms with Crippen LogP contribution in [0.5, 0.6) is 5.75 Å². The van der Waals surface area contributed by atoms with Crippen molar-refractivity contribution in [2.45, 2.75) is 63.3 Å². The van der Waals surface area contributed by atoms with Crippen molar-refractivity contribution >= 4 is 25.1 Å². The summed E-state index contributed by atoms with van der Waals surface area (Å²) in [5.74, 6) is -0.200. The van der Waals surface area contributed by atoms with Gasteiger partial charge in [0.2, 0.25) is 0 Å². The van der Waals surface area contributed by atoms with Crippen LogP contribution in [0.4, 0.5) is 5.82 Å². The third-order valence-corrected chi connectivity index (χ3v) is 8.83. The van der Waals surface area contributed by atoms with Crippen LogP contribution in [0.15, 0.2) is 79.1 Å². The fourth-order valence-electron chi connectivity index (χ4n) is 5.07. The zero-order chi connectivity index (χ0) is 31.5. The Morgan fingerprint density at radius 1 is 1.11 bits per heavy atom. The van der Waals surface area contributed by atoms with E-state index in [2.05, 4.69) is 15.2 Å². The number of anilines is 1. The zero-order valence-corrected chi connectivity index (χ0v) is 25.4. The number of fused-ring (bicyclic) bond motifs is 1. The van der Waals surface area contributed by atoms with Crippen molar-refractivity contribution in [3.8, 4) is 5.75 Å². The molecule has 0 saturated carbocycles. The van der Waals surface area contributed by atoms with Gasteiger partial charge < -0.3 is 29.9 Å². The minimum absolute atomic E-state index is 0.128. The van der Waals surface area contributed by atoms with Crippen molar-refractivity contribution in [2.75, 3.05) is 12.3 Å². The van der Waals surface area contributed by atoms with Crippen molar-refractivity contribution < 1.29 is 38.1 Å². The molecule has 5 rings (SSSR count). The lowest BCUT2D eigenvalue weighted by Gasteiger charge is -2.28. The van der Waals surface area contributed by atoms with Crippen LogP contribution in [0.3, 0.4) is 0 Å². The minimum atomic E-state index is -4.34. The standard InChI is InChI=1S/C30H36N5O8P/c1-19(2)41-29(38)22(16-20-10-6-4-7-11-20)34-44(39,43-21-12-8-5-9-13-21)40-17-24-26(36)27(37)30(3,42-24)25-15-14-23-28(31)32-18-33-35(23)25/h4-15,18-19,22,24,26-27,36-37H,16-17H2,1-3H3,(H,34,39)(H2,31,32,33)/t22-,24?,26?,27+,30-,44?/m0/s1. The molecule has 6 atom stereocenters. The van der Waals surface area contributed by atoms with E-state index in [4.69, 9.17) is 24.3 Å². The van der Waals surface area contributed by atoms with Gasteiger partial charge in [0.1, 0.15) is 47.5 Å². The van der Waals surface area contributed by atoms with Crippen molar-refractivity contribution in [2.24, 2.45) is 0 Å². The second kappa shape index (κ2) is 13.0. The summed E-state index contributed by atoms with van der Waals surface area (Å²) in [6.07, 6.45) is -3.04. The number of hydrogen-bond donors (Lipinski definition) is 4. The minimum Gasteiger partial charge on any atom is -0.462 e. The third-order valence-electron chi connectivity index (χ3n) is 7.27. The Labute approximate surface area is 254 Å². The molecule has 0 bridgehead atoms. The number of nitrogens with two attached hydrogens (primary N) is 1. The summed E-state index contributed by atoms with van der Waals surface area (Å²) in [4.78, 5) is 17.1. The Balaban J connectivity index is 1.40. The normalized spacial score (nSPS) is 23.8. The number of aliphatic hydroxyl groups excluding tert-OH is 2. The number of esters is 1. The molecule has 14 heteroatoms. The van der Waals surface area contributed by atoms with E-state index in [-0.39, 0.29) is 18.0 Å². The number of nitrogens with zero attached hydrogens (tertiary/aromatic N) is 3. The summed E-state index contributed by atoms with van der Waals surface area (Å²) in [5.41, 5.74) is 6.21. The number of benzene rings is 2. The predicted molar refractivity (Wildman–Crippen MR) is 161 cm³/mol. The van der Waals surface area contributed by atoms with Crippen LogP contribution in [0, 0.1) is 0 Å². The lowest BCUT2D eigenvalue weighted by Crippen LogP contribution is -2.41. The Morgan fingerprint density at radius 3 is 2.48 bits per heavy atom. The topological polar surface area (TPSA) is 180 Å². The summed E-state index contributed by atoms with van der Waals surface area (Å²) >= 11 is 0. The van der Waals surface area contributed by atoms with E-state index in [0.717, 1.165) is 5.56 Å². The molecule has 1 aliphatic heterocycles. The first kappa shape index (κ1) is 31.6. The molecule has 4 aromatic rings. The number of carbonyl (C=O) groups excluding carboxylic acids is 1. The lowest BCUT2D eigenvalue weighted by atomic mass is 9.93. The van der Waals surface area contributed by atoms with Crippen molar-refractivity contribution in [3.63, 3.8) is 0 Å². The molecule has 5 N–H and O–H groups in total. The Morgan fingerprint density at radius 2 is 1.80 bits per heavy atom. The van der Waals surface area contributed by atoms with E-state index in [9.17, 15) is 19.6 Å². The summed E-state index contributed by atoms with van der Waals surface area (Å²) in [6.45, 7) is 4.55. The van der Waals surface area contributed by atoms with Crippen molar-refractivity contribution in [1.29, 1.82) is 0 Å². The molecule has 0 radical (unpaired) electrons. The second-order valence-electron chi connectivity index (χ2n) is 10.9. The summed E-state index contributed by atoms with van der Waals surface area (Å²) < 4.78 is 39.1. The monoisotopic (exact) mass is 625 g/mol. The first-order valence-electron chi connectivity index (χ1n) is 14.1. The van der Waals surface area contributed by atoms with Gasteiger partial charge in [-0.25, -0.2) is 14.1 Å². The molecule has 1 fully saturated rings. The van der Waals surface area contributed by atoms with Crippen LogP contribution >= 0.6 is 7.75 Å². The number of hydrogen-bond acceptors (Lipinski definition) is 11. The van der Waals surface area contributed by atoms with Gasteiger partial charge in [-0.3, -0.25) is 9.32 Å². The molecule has 1 saturated heterocycles. The molecular weight excluding hydrogens is 589 g/mol. The Hall–Kier alpha value is -3.84. The highest BCUT2D eigenvalue weighted by molar-refractivity contribution is 7.52. The van der Waals surface area contributed by atoms with Gasteiger partial charge in [-0.05, 0) is 57.0 Å². The number of aromatic nitrogens is 3. The van der Waals surface area contributed by atoms with E-state index in [1.807, 2.05) is 30.3 Å². The lowest BCUT2D eigenvalue weighted by molar-refractivity contribution is -0.149. The Bertz CT molecular complexity index is 1620. The first-order chi connectivity index (χ1) is 21.0. The van der Waals surface area contributed by atoms with Gasteiger partial charge in [0.05, 0.1) is 18.4 Å². The van der Waals surface area contributed by atoms with E-state index in [1.165, 1.54) is 10.8 Å². The quantitative estimate of drug-likeness (QED) is 0.134. The summed E-state index contributed by atoms with van der Waals surface area (Å²) in [7, 11) is -4.34. The first-order valence-corrected chi connectivity index (χ1v) is 15.7. The fourth-order valence-corrected chi connectivity index (χ4v) is 6.58. The molecule has 3 unspecified atom stereocenters. The molecule has 1 aliphatic rings. The largest absolute Gasteiger partial charge is 0.462 e. The molecule has 13 nitrogen and oxygen atoms in total. The van der Waals surface area contributed by atoms with Crippen molar-refractivity contribution in [3.05, 3.63) is 90.4 Å². The molecular formula is C30H36N5O8P. The highest BCUT2D eigenvalue weighted by atomic mass is 31.2. The predicted octanol–water partition coefficient (Wildman–Crippen LogP) is 3.00. The maximum absolute atomic E-state index is 14.3. The average molecular weight is 626 g/mol. The molecule has 3 heterocycles. The highest BCUT2D eigenvalue weighted by Gasteiger charge is 2.54. The number of aliphatic hydroxyl groups is 2. The summed E-state index contributed by atoms with van der Waals surface area (Å²) in [6, 6.07) is 19.7. The molecule has 0 amide bonds. The smallest absolute Gasteiger partial charge is 0.459 e. The van der Waals surface area contributed by atoms with E-state index in [0.29, 0.717) is 11.2 Å². The maximum Gasteiger partial charge on any atom is 0.459 e. The maximum atomic E-state index is 14.3. The molecule has 44 heavy (non-hydrogen) atoms. The van der Waals surface area contributed by atoms with Gasteiger partial charge in [-0.1, -0.05) is 48.5 Å². The van der Waals surface area contributed by atoms with Crippen LogP contribution in [-0.2, 0) is 35.4 Å². The zero-order valence-electron chi connectivity index (χ0n) is 24.5. The van der Waals surface area contributed by atoms with Crippen LogP contribution in [0.2, 0.25) is 0 Å². The average Bonchev–Trinajstić information content (AvgIpc) is 3.53. The molecule has 0 aliphatic carbocycles. The number of nitrogen functional groups attached to an aromatic ring is 1. The SMILES string of the molecule is CC(C)OC(=O)[C@H](Cc1ccccc1)NP(=O)(OCC1O[C@@](C)(c2ccc3c(N)ncnn23)[C@H](O)C1O)Oc1ccccc1. The number of carbonyl (C=O) groups is 1. The number of para-hydroxylation sites is 1. The highest BCUT2D eigenvalue weighted by Crippen LogP contribution is 2.47. The fraction of sp³-hybridized carbons (Fsp3) is 0.367. The van der Waals surface area contributed by atoms with Crippen LogP contribution in [0.1, 0.15) is 32.0 Å². The van der Waals surface area contributed by atoms with Gasteiger partial charge in [0, 0.05) is 0 Å².